The molecule has 5 heteroatoms. The number of nitrogens with zero attached hydrogens (tertiary/aromatic N) is 1. The maximum absolute atomic E-state index is 13.2. The zero-order chi connectivity index (χ0) is 18.5. The Balaban J connectivity index is 1.49. The van der Waals surface area contributed by atoms with Gasteiger partial charge in [-0.15, -0.1) is 0 Å². The van der Waals surface area contributed by atoms with Crippen LogP contribution in [0.1, 0.15) is 35.2 Å². The number of aryl methyl sites for hydroxylation is 1. The van der Waals surface area contributed by atoms with Crippen molar-refractivity contribution in [2.45, 2.75) is 25.7 Å². The quantitative estimate of drug-likeness (QED) is 0.722. The summed E-state index contributed by atoms with van der Waals surface area (Å²) in [5.74, 6) is -0.153. The number of piperidine rings is 1. The summed E-state index contributed by atoms with van der Waals surface area (Å²) in [6.07, 6.45) is 2.24. The molecule has 0 N–H and O–H groups in total. The van der Waals surface area contributed by atoms with Crippen molar-refractivity contribution in [1.82, 2.24) is 4.90 Å². The summed E-state index contributed by atoms with van der Waals surface area (Å²) in [7, 11) is 0. The molecule has 0 saturated carbocycles. The van der Waals surface area contributed by atoms with Crippen molar-refractivity contribution in [3.05, 3.63) is 70.5 Å². The molecule has 1 amide bonds. The van der Waals surface area contributed by atoms with Gasteiger partial charge in [0.25, 0.3) is 0 Å². The average molecular weight is 374 g/mol. The van der Waals surface area contributed by atoms with Gasteiger partial charge in [0.15, 0.2) is 5.78 Å². The molecular formula is C21H21ClFNO2. The van der Waals surface area contributed by atoms with Gasteiger partial charge in [-0.05, 0) is 61.2 Å². The Morgan fingerprint density at radius 3 is 2.42 bits per heavy atom. The summed E-state index contributed by atoms with van der Waals surface area (Å²) < 4.78 is 13.2. The van der Waals surface area contributed by atoms with Crippen LogP contribution in [0, 0.1) is 11.7 Å². The number of benzene rings is 2. The first-order chi connectivity index (χ1) is 12.5. The smallest absolute Gasteiger partial charge is 0.222 e. The van der Waals surface area contributed by atoms with E-state index in [4.69, 9.17) is 11.6 Å². The molecule has 1 fully saturated rings. The molecule has 26 heavy (non-hydrogen) atoms. The highest BCUT2D eigenvalue weighted by atomic mass is 35.5. The minimum Gasteiger partial charge on any atom is -0.343 e. The second-order valence-corrected chi connectivity index (χ2v) is 7.09. The van der Waals surface area contributed by atoms with Crippen molar-refractivity contribution in [3.8, 4) is 0 Å². The number of rotatable bonds is 5. The minimum absolute atomic E-state index is 0.0524. The standard InChI is InChI=1S/C21H21ClFNO2/c22-18-7-5-16(6-8-18)21(26)17-10-12-24(13-11-17)20(25)9-4-15-2-1-3-19(23)14-15/h1-3,5-8,14,17H,4,9-13H2. The van der Waals surface area contributed by atoms with Gasteiger partial charge in [0.1, 0.15) is 5.82 Å². The SMILES string of the molecule is O=C(c1ccc(Cl)cc1)C1CCN(C(=O)CCc2cccc(F)c2)CC1. The fraction of sp³-hybridized carbons (Fsp3) is 0.333. The lowest BCUT2D eigenvalue weighted by Crippen LogP contribution is -2.40. The second-order valence-electron chi connectivity index (χ2n) is 6.66. The Hall–Kier alpha value is -2.20. The van der Waals surface area contributed by atoms with Gasteiger partial charge in [-0.1, -0.05) is 23.7 Å². The third kappa shape index (κ3) is 4.70. The Bertz CT molecular complexity index is 783. The lowest BCUT2D eigenvalue weighted by molar-refractivity contribution is -0.132. The molecule has 2 aromatic carbocycles. The Morgan fingerprint density at radius 2 is 1.77 bits per heavy atom. The fourth-order valence-electron chi connectivity index (χ4n) is 3.34. The van der Waals surface area contributed by atoms with Crippen LogP contribution >= 0.6 is 11.6 Å². The molecule has 2 aromatic rings. The number of likely N-dealkylation sites (tertiary alicyclic amines) is 1. The molecular weight excluding hydrogens is 353 g/mol. The van der Waals surface area contributed by atoms with Crippen LogP contribution in [0.15, 0.2) is 48.5 Å². The predicted octanol–water partition coefficient (Wildman–Crippen LogP) is 4.53. The first-order valence-electron chi connectivity index (χ1n) is 8.85. The lowest BCUT2D eigenvalue weighted by Gasteiger charge is -2.31. The highest BCUT2D eigenvalue weighted by Crippen LogP contribution is 2.23. The van der Waals surface area contributed by atoms with E-state index >= 15 is 0 Å². The molecule has 1 heterocycles. The zero-order valence-electron chi connectivity index (χ0n) is 14.5. The predicted molar refractivity (Wildman–Crippen MR) is 99.8 cm³/mol. The van der Waals surface area contributed by atoms with Crippen LogP contribution in [-0.2, 0) is 11.2 Å². The number of hydrogen-bond donors (Lipinski definition) is 0. The van der Waals surface area contributed by atoms with E-state index in [1.54, 1.807) is 30.3 Å². The maximum atomic E-state index is 13.2. The van der Waals surface area contributed by atoms with Crippen molar-refractivity contribution in [3.63, 3.8) is 0 Å². The number of halogens is 2. The van der Waals surface area contributed by atoms with Gasteiger partial charge in [0, 0.05) is 36.0 Å². The van der Waals surface area contributed by atoms with Crippen LogP contribution in [0.25, 0.3) is 0 Å². The Morgan fingerprint density at radius 1 is 1.08 bits per heavy atom. The van der Waals surface area contributed by atoms with E-state index in [9.17, 15) is 14.0 Å². The maximum Gasteiger partial charge on any atom is 0.222 e. The molecule has 1 saturated heterocycles. The molecule has 0 aromatic heterocycles. The van der Waals surface area contributed by atoms with Crippen molar-refractivity contribution in [2.24, 2.45) is 5.92 Å². The van der Waals surface area contributed by atoms with E-state index in [0.29, 0.717) is 49.4 Å². The van der Waals surface area contributed by atoms with Crippen molar-refractivity contribution in [2.75, 3.05) is 13.1 Å². The summed E-state index contributed by atoms with van der Waals surface area (Å²) >= 11 is 5.86. The van der Waals surface area contributed by atoms with Gasteiger partial charge in [-0.3, -0.25) is 9.59 Å². The summed E-state index contributed by atoms with van der Waals surface area (Å²) in [4.78, 5) is 26.7. The molecule has 3 nitrogen and oxygen atoms in total. The molecule has 1 aliphatic rings. The van der Waals surface area contributed by atoms with E-state index in [1.807, 2.05) is 11.0 Å². The summed E-state index contributed by atoms with van der Waals surface area (Å²) in [5.41, 5.74) is 1.50. The second kappa shape index (κ2) is 8.45. The van der Waals surface area contributed by atoms with Crippen molar-refractivity contribution < 1.29 is 14.0 Å². The van der Waals surface area contributed by atoms with E-state index < -0.39 is 0 Å². The van der Waals surface area contributed by atoms with Crippen LogP contribution in [-0.4, -0.2) is 29.7 Å². The monoisotopic (exact) mass is 373 g/mol. The van der Waals surface area contributed by atoms with Crippen LogP contribution in [0.3, 0.4) is 0 Å². The van der Waals surface area contributed by atoms with Gasteiger partial charge in [0.05, 0.1) is 0 Å². The van der Waals surface area contributed by atoms with E-state index in [0.717, 1.165) is 5.56 Å². The van der Waals surface area contributed by atoms with Gasteiger partial charge in [-0.25, -0.2) is 4.39 Å². The van der Waals surface area contributed by atoms with Crippen LogP contribution < -0.4 is 0 Å². The largest absolute Gasteiger partial charge is 0.343 e. The number of carbonyl (C=O) groups excluding carboxylic acids is 2. The molecule has 0 atom stereocenters. The summed E-state index contributed by atoms with van der Waals surface area (Å²) in [5, 5.41) is 0.611. The molecule has 0 bridgehead atoms. The van der Waals surface area contributed by atoms with E-state index in [-0.39, 0.29) is 23.4 Å². The average Bonchev–Trinajstić information content (AvgIpc) is 2.66. The molecule has 3 rings (SSSR count). The van der Waals surface area contributed by atoms with E-state index in [1.165, 1.54) is 12.1 Å². The van der Waals surface area contributed by atoms with Gasteiger partial charge < -0.3 is 4.90 Å². The van der Waals surface area contributed by atoms with Crippen LogP contribution in [0.4, 0.5) is 4.39 Å². The van der Waals surface area contributed by atoms with Crippen molar-refractivity contribution >= 4 is 23.3 Å². The topological polar surface area (TPSA) is 37.4 Å². The zero-order valence-corrected chi connectivity index (χ0v) is 15.2. The molecule has 0 unspecified atom stereocenters. The highest BCUT2D eigenvalue weighted by molar-refractivity contribution is 6.30. The van der Waals surface area contributed by atoms with Crippen molar-refractivity contribution in [1.29, 1.82) is 0 Å². The summed E-state index contributed by atoms with van der Waals surface area (Å²) in [6.45, 7) is 1.18. The first kappa shape index (κ1) is 18.6. The van der Waals surface area contributed by atoms with Crippen LogP contribution in [0.2, 0.25) is 5.02 Å². The Labute approximate surface area is 157 Å². The molecule has 0 spiro atoms. The number of ketones is 1. The number of amides is 1. The normalized spacial score (nSPS) is 15.1. The van der Waals surface area contributed by atoms with Gasteiger partial charge in [0.2, 0.25) is 5.91 Å². The first-order valence-corrected chi connectivity index (χ1v) is 9.23. The number of hydrogen-bond acceptors (Lipinski definition) is 2. The summed E-state index contributed by atoms with van der Waals surface area (Å²) in [6, 6.07) is 13.3. The highest BCUT2D eigenvalue weighted by Gasteiger charge is 2.27. The van der Waals surface area contributed by atoms with Gasteiger partial charge in [-0.2, -0.15) is 0 Å². The molecule has 136 valence electrons. The minimum atomic E-state index is -0.281. The third-order valence-corrected chi connectivity index (χ3v) is 5.12. The van der Waals surface area contributed by atoms with Crippen LogP contribution in [0.5, 0.6) is 0 Å². The molecule has 1 aliphatic heterocycles. The fourth-order valence-corrected chi connectivity index (χ4v) is 3.47. The number of carbonyl (C=O) groups is 2. The Kier molecular flexibility index (Phi) is 6.04. The van der Waals surface area contributed by atoms with E-state index in [2.05, 4.69) is 0 Å². The van der Waals surface area contributed by atoms with Gasteiger partial charge >= 0.3 is 0 Å². The molecule has 0 radical (unpaired) electrons. The molecule has 0 aliphatic carbocycles. The number of Topliss-reactive ketones (excluding diaryl/α,β-unsaturated/α-hetero) is 1. The third-order valence-electron chi connectivity index (χ3n) is 4.86. The lowest BCUT2D eigenvalue weighted by atomic mass is 9.88.